The zero-order valence-corrected chi connectivity index (χ0v) is 8.48. The van der Waals surface area contributed by atoms with Crippen LogP contribution in [-0.2, 0) is 13.0 Å². The van der Waals surface area contributed by atoms with Crippen LogP contribution in [-0.4, -0.2) is 15.6 Å². The molecule has 1 rings (SSSR count). The van der Waals surface area contributed by atoms with Crippen molar-refractivity contribution >= 4 is 0 Å². The molecule has 4 nitrogen and oxygen atoms in total. The number of hydrogen-bond acceptors (Lipinski definition) is 3. The molecule has 0 aliphatic carbocycles. The van der Waals surface area contributed by atoms with E-state index in [1.807, 2.05) is 13.1 Å². The van der Waals surface area contributed by atoms with Gasteiger partial charge in [-0.1, -0.05) is 0 Å². The zero-order chi connectivity index (χ0) is 10.4. The van der Waals surface area contributed by atoms with Gasteiger partial charge in [0.15, 0.2) is 0 Å². The van der Waals surface area contributed by atoms with Crippen LogP contribution in [0.15, 0.2) is 12.4 Å². The summed E-state index contributed by atoms with van der Waals surface area (Å²) >= 11 is 0. The van der Waals surface area contributed by atoms with Gasteiger partial charge in [-0.15, -0.1) is 0 Å². The minimum Gasteiger partial charge on any atom is -0.335 e. The normalized spacial score (nSPS) is 12.4. The quantitative estimate of drug-likeness (QED) is 0.710. The number of nitrogens with two attached hydrogens (primary N) is 1. The number of nitrogens with zero attached hydrogens (tertiary/aromatic N) is 3. The van der Waals surface area contributed by atoms with Crippen molar-refractivity contribution in [1.82, 2.24) is 9.55 Å². The fourth-order valence-corrected chi connectivity index (χ4v) is 1.35. The van der Waals surface area contributed by atoms with Crippen LogP contribution >= 0.6 is 0 Å². The first-order valence-electron chi connectivity index (χ1n) is 4.86. The highest BCUT2D eigenvalue weighted by Gasteiger charge is 2.04. The Morgan fingerprint density at radius 3 is 3.14 bits per heavy atom. The second-order valence-corrected chi connectivity index (χ2v) is 3.48. The van der Waals surface area contributed by atoms with Crippen molar-refractivity contribution < 1.29 is 0 Å². The average Bonchev–Trinajstić information content (AvgIpc) is 2.52. The van der Waals surface area contributed by atoms with Crippen LogP contribution in [0.2, 0.25) is 0 Å². The second-order valence-electron chi connectivity index (χ2n) is 3.48. The zero-order valence-electron chi connectivity index (χ0n) is 8.48. The minimum atomic E-state index is 0.132. The van der Waals surface area contributed by atoms with E-state index >= 15 is 0 Å². The molecule has 0 radical (unpaired) electrons. The molecule has 0 aliphatic rings. The van der Waals surface area contributed by atoms with Crippen molar-refractivity contribution in [3.05, 3.63) is 18.2 Å². The first-order chi connectivity index (χ1) is 6.74. The average molecular weight is 192 g/mol. The van der Waals surface area contributed by atoms with Crippen molar-refractivity contribution in [2.45, 2.75) is 38.8 Å². The molecule has 1 heterocycles. The Balaban J connectivity index is 2.50. The Bertz CT molecular complexity index is 308. The molecule has 4 heteroatoms. The Morgan fingerprint density at radius 2 is 2.50 bits per heavy atom. The maximum absolute atomic E-state index is 8.41. The van der Waals surface area contributed by atoms with Crippen LogP contribution in [0.1, 0.15) is 25.6 Å². The summed E-state index contributed by atoms with van der Waals surface area (Å²) in [5, 5.41) is 8.41. The summed E-state index contributed by atoms with van der Waals surface area (Å²) in [7, 11) is 0. The van der Waals surface area contributed by atoms with E-state index in [4.69, 9.17) is 11.0 Å². The molecule has 76 valence electrons. The third-order valence-corrected chi connectivity index (χ3v) is 1.99. The first-order valence-corrected chi connectivity index (χ1v) is 4.86. The molecule has 14 heavy (non-hydrogen) atoms. The molecule has 1 aromatic heterocycles. The highest BCUT2D eigenvalue weighted by molar-refractivity contribution is 4.94. The van der Waals surface area contributed by atoms with Gasteiger partial charge < -0.3 is 10.3 Å². The minimum absolute atomic E-state index is 0.132. The summed E-state index contributed by atoms with van der Waals surface area (Å²) in [6.07, 6.45) is 5.98. The van der Waals surface area contributed by atoms with E-state index < -0.39 is 0 Å². The van der Waals surface area contributed by atoms with E-state index in [9.17, 15) is 0 Å². The molecule has 1 aromatic rings. The van der Waals surface area contributed by atoms with E-state index in [1.54, 1.807) is 6.20 Å². The monoisotopic (exact) mass is 192 g/mol. The largest absolute Gasteiger partial charge is 0.335 e. The van der Waals surface area contributed by atoms with E-state index in [0.29, 0.717) is 6.42 Å². The maximum Gasteiger partial charge on any atom is 0.110 e. The highest BCUT2D eigenvalue weighted by atomic mass is 15.1. The molecule has 1 unspecified atom stereocenters. The molecule has 0 saturated heterocycles. The summed E-state index contributed by atoms with van der Waals surface area (Å²) in [5.41, 5.74) is 5.70. The SMILES string of the molecule is CC(N)Cc1nccn1CCCC#N. The van der Waals surface area contributed by atoms with Gasteiger partial charge in [0.05, 0.1) is 6.07 Å². The molecule has 0 aliphatic heterocycles. The number of imidazole rings is 1. The fraction of sp³-hybridized carbons (Fsp3) is 0.600. The van der Waals surface area contributed by atoms with E-state index in [-0.39, 0.29) is 6.04 Å². The fourth-order valence-electron chi connectivity index (χ4n) is 1.35. The summed E-state index contributed by atoms with van der Waals surface area (Å²) in [5.74, 6) is 1.01. The topological polar surface area (TPSA) is 67.6 Å². The smallest absolute Gasteiger partial charge is 0.110 e. The van der Waals surface area contributed by atoms with Gasteiger partial charge in [-0.05, 0) is 13.3 Å². The third kappa shape index (κ3) is 3.19. The standard InChI is InChI=1S/C10H16N4/c1-9(12)8-10-13-5-7-14(10)6-3-2-4-11/h5,7,9H,2-3,6,8,12H2,1H3. The summed E-state index contributed by atoms with van der Waals surface area (Å²) in [6.45, 7) is 2.82. The van der Waals surface area contributed by atoms with Crippen molar-refractivity contribution in [3.63, 3.8) is 0 Å². The molecule has 0 saturated carbocycles. The van der Waals surface area contributed by atoms with Gasteiger partial charge in [0.2, 0.25) is 0 Å². The van der Waals surface area contributed by atoms with Crippen LogP contribution < -0.4 is 5.73 Å². The molecule has 0 fully saturated rings. The van der Waals surface area contributed by atoms with E-state index in [1.165, 1.54) is 0 Å². The number of rotatable bonds is 5. The van der Waals surface area contributed by atoms with Crippen molar-refractivity contribution in [3.8, 4) is 6.07 Å². The van der Waals surface area contributed by atoms with Gasteiger partial charge in [0, 0.05) is 37.8 Å². The third-order valence-electron chi connectivity index (χ3n) is 1.99. The van der Waals surface area contributed by atoms with Gasteiger partial charge in [0.25, 0.3) is 0 Å². The van der Waals surface area contributed by atoms with E-state index in [0.717, 1.165) is 25.2 Å². The lowest BCUT2D eigenvalue weighted by molar-refractivity contribution is 0.592. The molecule has 0 bridgehead atoms. The number of hydrogen-bond donors (Lipinski definition) is 1. The predicted molar refractivity (Wildman–Crippen MR) is 54.4 cm³/mol. The number of nitriles is 1. The number of unbranched alkanes of at least 4 members (excludes halogenated alkanes) is 1. The van der Waals surface area contributed by atoms with Gasteiger partial charge in [-0.2, -0.15) is 5.26 Å². The van der Waals surface area contributed by atoms with Crippen molar-refractivity contribution in [2.75, 3.05) is 0 Å². The van der Waals surface area contributed by atoms with Gasteiger partial charge >= 0.3 is 0 Å². The predicted octanol–water partition coefficient (Wildman–Crippen LogP) is 1.08. The lowest BCUT2D eigenvalue weighted by atomic mass is 10.2. The Hall–Kier alpha value is -1.34. The molecule has 0 aromatic carbocycles. The van der Waals surface area contributed by atoms with Gasteiger partial charge in [0.1, 0.15) is 5.82 Å². The van der Waals surface area contributed by atoms with Crippen LogP contribution in [0.3, 0.4) is 0 Å². The lowest BCUT2D eigenvalue weighted by Crippen LogP contribution is -2.20. The molecular formula is C10H16N4. The van der Waals surface area contributed by atoms with E-state index in [2.05, 4.69) is 15.6 Å². The molecule has 2 N–H and O–H groups in total. The second kappa shape index (κ2) is 5.40. The summed E-state index contributed by atoms with van der Waals surface area (Å²) < 4.78 is 2.07. The molecule has 1 atom stereocenters. The van der Waals surface area contributed by atoms with Gasteiger partial charge in [-0.3, -0.25) is 0 Å². The van der Waals surface area contributed by atoms with Crippen molar-refractivity contribution in [1.29, 1.82) is 5.26 Å². The summed E-state index contributed by atoms with van der Waals surface area (Å²) in [6, 6.07) is 2.26. The highest BCUT2D eigenvalue weighted by Crippen LogP contribution is 2.03. The first kappa shape index (κ1) is 10.7. The van der Waals surface area contributed by atoms with Crippen LogP contribution in [0.25, 0.3) is 0 Å². The Labute approximate surface area is 84.4 Å². The van der Waals surface area contributed by atoms with Crippen LogP contribution in [0.4, 0.5) is 0 Å². The molecule has 0 spiro atoms. The Kier molecular flexibility index (Phi) is 4.14. The van der Waals surface area contributed by atoms with Gasteiger partial charge in [-0.25, -0.2) is 4.98 Å². The van der Waals surface area contributed by atoms with Crippen molar-refractivity contribution in [2.24, 2.45) is 5.73 Å². The Morgan fingerprint density at radius 1 is 1.71 bits per heavy atom. The maximum atomic E-state index is 8.41. The lowest BCUT2D eigenvalue weighted by Gasteiger charge is -2.08. The summed E-state index contributed by atoms with van der Waals surface area (Å²) in [4.78, 5) is 4.24. The van der Waals surface area contributed by atoms with Crippen LogP contribution in [0, 0.1) is 11.3 Å². The molecule has 0 amide bonds. The molecular weight excluding hydrogens is 176 g/mol. The number of aryl methyl sites for hydroxylation is 1. The van der Waals surface area contributed by atoms with Crippen LogP contribution in [0.5, 0.6) is 0 Å². The number of aromatic nitrogens is 2.